The summed E-state index contributed by atoms with van der Waals surface area (Å²) in [5.74, 6) is 0.201. The van der Waals surface area contributed by atoms with Crippen molar-refractivity contribution in [2.45, 2.75) is 11.5 Å². The van der Waals surface area contributed by atoms with Gasteiger partial charge in [-0.25, -0.2) is 18.1 Å². The summed E-state index contributed by atoms with van der Waals surface area (Å²) in [5.41, 5.74) is 1.97. The summed E-state index contributed by atoms with van der Waals surface area (Å²) in [6, 6.07) is 9.57. The number of carbonyl (C=O) groups excluding carboxylic acids is 2. The second kappa shape index (κ2) is 11.6. The zero-order valence-electron chi connectivity index (χ0n) is 22.2. The molecule has 0 saturated carbocycles. The SMILES string of the molecule is CN1CCN(c2cnc(-n3cc(C(=O)Nc4cc(Cl)cc(S(C)(=O)=O)c4)cn3)c(OCc3cccnc3)c2)CC1=O. The lowest BCUT2D eigenvalue weighted by Crippen LogP contribution is -2.48. The van der Waals surface area contributed by atoms with Crippen LogP contribution in [0, 0.1) is 0 Å². The number of nitrogens with one attached hydrogen (secondary N) is 1. The van der Waals surface area contributed by atoms with Crippen LogP contribution in [0.4, 0.5) is 11.4 Å². The van der Waals surface area contributed by atoms with Crippen LogP contribution in [0.5, 0.6) is 5.75 Å². The van der Waals surface area contributed by atoms with E-state index in [1.807, 2.05) is 11.0 Å². The summed E-state index contributed by atoms with van der Waals surface area (Å²) in [6.07, 6.45) is 8.89. The van der Waals surface area contributed by atoms with Crippen LogP contribution in [-0.4, -0.2) is 77.8 Å². The van der Waals surface area contributed by atoms with Crippen molar-refractivity contribution in [1.82, 2.24) is 24.6 Å². The molecule has 0 spiro atoms. The maximum absolute atomic E-state index is 13.0. The Morgan fingerprint density at radius 2 is 1.98 bits per heavy atom. The normalized spacial score (nSPS) is 13.8. The van der Waals surface area contributed by atoms with E-state index in [1.165, 1.54) is 35.3 Å². The Bertz CT molecular complexity index is 1710. The largest absolute Gasteiger partial charge is 0.485 e. The monoisotopic (exact) mass is 595 g/mol. The fourth-order valence-electron chi connectivity index (χ4n) is 4.11. The molecule has 41 heavy (non-hydrogen) atoms. The summed E-state index contributed by atoms with van der Waals surface area (Å²) >= 11 is 6.06. The second-order valence-electron chi connectivity index (χ2n) is 9.48. The number of benzene rings is 1. The molecule has 0 atom stereocenters. The van der Waals surface area contributed by atoms with Gasteiger partial charge in [0.15, 0.2) is 21.4 Å². The van der Waals surface area contributed by atoms with Gasteiger partial charge in [0.25, 0.3) is 5.91 Å². The predicted octanol–water partition coefficient (Wildman–Crippen LogP) is 2.83. The summed E-state index contributed by atoms with van der Waals surface area (Å²) < 4.78 is 31.4. The van der Waals surface area contributed by atoms with Crippen molar-refractivity contribution in [2.75, 3.05) is 43.2 Å². The molecule has 0 radical (unpaired) electrons. The lowest BCUT2D eigenvalue weighted by Gasteiger charge is -2.33. The van der Waals surface area contributed by atoms with E-state index in [0.717, 1.165) is 11.8 Å². The van der Waals surface area contributed by atoms with Gasteiger partial charge in [-0.15, -0.1) is 0 Å². The van der Waals surface area contributed by atoms with Gasteiger partial charge < -0.3 is 19.9 Å². The van der Waals surface area contributed by atoms with Crippen LogP contribution in [0.2, 0.25) is 5.02 Å². The first kappa shape index (κ1) is 28.1. The van der Waals surface area contributed by atoms with Crippen LogP contribution in [0.25, 0.3) is 5.82 Å². The summed E-state index contributed by atoms with van der Waals surface area (Å²) in [6.45, 7) is 1.65. The number of amides is 2. The number of carbonyl (C=O) groups is 2. The van der Waals surface area contributed by atoms with Gasteiger partial charge in [-0.1, -0.05) is 17.7 Å². The molecular weight excluding hydrogens is 570 g/mol. The lowest BCUT2D eigenvalue weighted by atomic mass is 10.2. The number of pyridine rings is 2. The van der Waals surface area contributed by atoms with E-state index < -0.39 is 15.7 Å². The zero-order chi connectivity index (χ0) is 29.1. The zero-order valence-corrected chi connectivity index (χ0v) is 23.8. The molecular formula is C27H26ClN7O5S. The van der Waals surface area contributed by atoms with Gasteiger partial charge in [0.2, 0.25) is 5.91 Å². The van der Waals surface area contributed by atoms with Crippen LogP contribution in [0.15, 0.2) is 72.3 Å². The number of likely N-dealkylation sites (N-methyl/N-ethyl adjacent to an activating group) is 1. The van der Waals surface area contributed by atoms with Crippen molar-refractivity contribution >= 4 is 44.6 Å². The first-order valence-electron chi connectivity index (χ1n) is 12.4. The van der Waals surface area contributed by atoms with Gasteiger partial charge in [-0.3, -0.25) is 14.6 Å². The minimum Gasteiger partial charge on any atom is -0.485 e. The molecule has 0 unspecified atom stereocenters. The maximum atomic E-state index is 13.0. The Morgan fingerprint density at radius 3 is 2.71 bits per heavy atom. The van der Waals surface area contributed by atoms with Crippen molar-refractivity contribution < 1.29 is 22.7 Å². The Labute approximate surface area is 241 Å². The Balaban J connectivity index is 1.41. The van der Waals surface area contributed by atoms with E-state index in [4.69, 9.17) is 16.3 Å². The number of ether oxygens (including phenoxy) is 1. The molecule has 1 aromatic carbocycles. The van der Waals surface area contributed by atoms with Gasteiger partial charge >= 0.3 is 0 Å². The van der Waals surface area contributed by atoms with Crippen LogP contribution >= 0.6 is 11.6 Å². The van der Waals surface area contributed by atoms with Crippen molar-refractivity contribution in [3.63, 3.8) is 0 Å². The van der Waals surface area contributed by atoms with Crippen LogP contribution < -0.4 is 15.0 Å². The highest BCUT2D eigenvalue weighted by Gasteiger charge is 2.23. The number of aromatic nitrogens is 4. The van der Waals surface area contributed by atoms with Crippen LogP contribution in [0.3, 0.4) is 0 Å². The Hall–Kier alpha value is -4.49. The molecule has 1 aliphatic heterocycles. The van der Waals surface area contributed by atoms with Gasteiger partial charge in [0, 0.05) is 67.3 Å². The molecule has 1 saturated heterocycles. The average molecular weight is 596 g/mol. The lowest BCUT2D eigenvalue weighted by molar-refractivity contribution is -0.129. The molecule has 4 aromatic rings. The first-order valence-corrected chi connectivity index (χ1v) is 14.7. The minimum absolute atomic E-state index is 0.00393. The standard InChI is InChI=1S/C27H26ClN7O5S/c1-33-6-7-34(16-25(33)36)22-11-24(40-17-18-4-3-5-29-12-18)26(30-14-22)35-15-19(13-31-35)27(37)32-21-8-20(28)9-23(10-21)41(2,38)39/h3-5,8-15H,6-7,16-17H2,1-2H3,(H,32,37). The van der Waals surface area contributed by atoms with E-state index >= 15 is 0 Å². The van der Waals surface area contributed by atoms with E-state index in [0.29, 0.717) is 30.3 Å². The number of hydrogen-bond acceptors (Lipinski definition) is 9. The fourth-order valence-corrected chi connectivity index (χ4v) is 5.09. The van der Waals surface area contributed by atoms with Crippen LogP contribution in [-0.2, 0) is 21.2 Å². The summed E-state index contributed by atoms with van der Waals surface area (Å²) in [7, 11) is -1.76. The third-order valence-electron chi connectivity index (χ3n) is 6.38. The average Bonchev–Trinajstić information content (AvgIpc) is 3.43. The van der Waals surface area contributed by atoms with Crippen molar-refractivity contribution in [2.24, 2.45) is 0 Å². The van der Waals surface area contributed by atoms with Gasteiger partial charge in [0.1, 0.15) is 6.61 Å². The van der Waals surface area contributed by atoms with E-state index in [2.05, 4.69) is 20.4 Å². The van der Waals surface area contributed by atoms with Gasteiger partial charge in [-0.05, 0) is 24.3 Å². The minimum atomic E-state index is -3.53. The Morgan fingerprint density at radius 1 is 1.15 bits per heavy atom. The molecule has 1 aliphatic rings. The molecule has 14 heteroatoms. The molecule has 5 rings (SSSR count). The molecule has 4 heterocycles. The third kappa shape index (κ3) is 6.64. The van der Waals surface area contributed by atoms with Gasteiger partial charge in [-0.2, -0.15) is 5.10 Å². The number of nitrogens with zero attached hydrogens (tertiary/aromatic N) is 6. The predicted molar refractivity (Wildman–Crippen MR) is 152 cm³/mol. The van der Waals surface area contributed by atoms with E-state index in [9.17, 15) is 18.0 Å². The fraction of sp³-hybridized carbons (Fsp3) is 0.222. The topological polar surface area (TPSA) is 140 Å². The summed E-state index contributed by atoms with van der Waals surface area (Å²) in [5, 5.41) is 7.13. The quantitative estimate of drug-likeness (QED) is 0.326. The molecule has 1 fully saturated rings. The van der Waals surface area contributed by atoms with Gasteiger partial charge in [0.05, 0.1) is 35.1 Å². The van der Waals surface area contributed by atoms with E-state index in [1.54, 1.807) is 42.7 Å². The van der Waals surface area contributed by atoms with Crippen molar-refractivity contribution in [3.05, 3.63) is 83.5 Å². The van der Waals surface area contributed by atoms with E-state index in [-0.39, 0.29) is 40.2 Å². The van der Waals surface area contributed by atoms with Crippen LogP contribution in [0.1, 0.15) is 15.9 Å². The molecule has 0 bridgehead atoms. The smallest absolute Gasteiger partial charge is 0.258 e. The molecule has 3 aromatic heterocycles. The Kier molecular flexibility index (Phi) is 7.90. The highest BCUT2D eigenvalue weighted by Crippen LogP contribution is 2.28. The highest BCUT2D eigenvalue weighted by atomic mass is 35.5. The molecule has 12 nitrogen and oxygen atoms in total. The second-order valence-corrected chi connectivity index (χ2v) is 11.9. The number of piperazine rings is 1. The summed E-state index contributed by atoms with van der Waals surface area (Å²) in [4.78, 5) is 37.5. The highest BCUT2D eigenvalue weighted by molar-refractivity contribution is 7.90. The number of anilines is 2. The molecule has 1 N–H and O–H groups in total. The first-order chi connectivity index (χ1) is 19.6. The molecule has 0 aliphatic carbocycles. The number of hydrogen-bond donors (Lipinski definition) is 1. The number of sulfone groups is 1. The molecule has 2 amide bonds. The number of halogens is 1. The number of rotatable bonds is 8. The molecule has 212 valence electrons. The third-order valence-corrected chi connectivity index (χ3v) is 7.69. The van der Waals surface area contributed by atoms with Crippen molar-refractivity contribution in [3.8, 4) is 11.6 Å². The van der Waals surface area contributed by atoms with Crippen molar-refractivity contribution in [1.29, 1.82) is 0 Å². The maximum Gasteiger partial charge on any atom is 0.258 e.